The van der Waals surface area contributed by atoms with Crippen LogP contribution in [0.4, 0.5) is 5.69 Å². The van der Waals surface area contributed by atoms with Crippen molar-refractivity contribution in [1.29, 1.82) is 0 Å². The number of hydrogen-bond donors (Lipinski definition) is 2. The predicted molar refractivity (Wildman–Crippen MR) is 110 cm³/mol. The number of benzene rings is 2. The van der Waals surface area contributed by atoms with Crippen molar-refractivity contribution in [3.05, 3.63) is 64.2 Å². The molecule has 0 fully saturated rings. The lowest BCUT2D eigenvalue weighted by Crippen LogP contribution is -2.39. The zero-order valence-corrected chi connectivity index (χ0v) is 16.9. The molecule has 5 nitrogen and oxygen atoms in total. The minimum atomic E-state index is -0.205. The van der Waals surface area contributed by atoms with Crippen molar-refractivity contribution >= 4 is 29.1 Å². The van der Waals surface area contributed by atoms with E-state index >= 15 is 0 Å². The minimum absolute atomic E-state index is 0.120. The molecule has 0 aliphatic rings. The lowest BCUT2D eigenvalue weighted by Gasteiger charge is -2.20. The molecule has 0 spiro atoms. The normalized spacial score (nSPS) is 11.9. The molecule has 6 heteroatoms. The molecular weight excluding hydrogens is 362 g/mol. The first-order chi connectivity index (χ1) is 12.8. The Kier molecular flexibility index (Phi) is 7.39. The summed E-state index contributed by atoms with van der Waals surface area (Å²) in [5.74, 6) is -0.317. The van der Waals surface area contributed by atoms with Gasteiger partial charge in [0.25, 0.3) is 0 Å². The Bertz CT molecular complexity index is 823. The third-order valence-electron chi connectivity index (χ3n) is 4.45. The highest BCUT2D eigenvalue weighted by atomic mass is 35.5. The Morgan fingerprint density at radius 2 is 1.70 bits per heavy atom. The predicted octanol–water partition coefficient (Wildman–Crippen LogP) is 3.70. The number of nitrogens with one attached hydrogen (secondary N) is 2. The van der Waals surface area contributed by atoms with E-state index in [4.69, 9.17) is 11.6 Å². The second-order valence-corrected chi connectivity index (χ2v) is 7.19. The van der Waals surface area contributed by atoms with Gasteiger partial charge in [0.1, 0.15) is 0 Å². The topological polar surface area (TPSA) is 61.4 Å². The van der Waals surface area contributed by atoms with Crippen LogP contribution in [0, 0.1) is 13.8 Å². The third-order valence-corrected chi connectivity index (χ3v) is 4.80. The number of amides is 2. The van der Waals surface area contributed by atoms with Crippen LogP contribution in [-0.2, 0) is 9.59 Å². The number of likely N-dealkylation sites (N-methyl/N-ethyl adjacent to an activating group) is 1. The fourth-order valence-electron chi connectivity index (χ4n) is 2.81. The van der Waals surface area contributed by atoms with E-state index in [-0.39, 0.29) is 30.9 Å². The molecule has 0 aliphatic carbocycles. The summed E-state index contributed by atoms with van der Waals surface area (Å²) in [7, 11) is 1.74. The van der Waals surface area contributed by atoms with E-state index in [1.165, 1.54) is 0 Å². The Morgan fingerprint density at radius 1 is 1.04 bits per heavy atom. The lowest BCUT2D eigenvalue weighted by molar-refractivity contribution is -0.123. The Balaban J connectivity index is 1.84. The van der Waals surface area contributed by atoms with Crippen LogP contribution in [-0.4, -0.2) is 36.9 Å². The number of aryl methyl sites for hydroxylation is 1. The molecule has 0 saturated heterocycles. The van der Waals surface area contributed by atoms with Crippen LogP contribution >= 0.6 is 11.6 Å². The Hall–Kier alpha value is -2.37. The van der Waals surface area contributed by atoms with Crippen LogP contribution in [0.25, 0.3) is 0 Å². The molecule has 0 aliphatic heterocycles. The van der Waals surface area contributed by atoms with E-state index in [1.54, 1.807) is 18.0 Å². The van der Waals surface area contributed by atoms with Crippen molar-refractivity contribution in [3.63, 3.8) is 0 Å². The number of carbonyl (C=O) groups excluding carboxylic acids is 2. The van der Waals surface area contributed by atoms with Gasteiger partial charge in [-0.2, -0.15) is 0 Å². The summed E-state index contributed by atoms with van der Waals surface area (Å²) in [6, 6.07) is 13.0. The van der Waals surface area contributed by atoms with Gasteiger partial charge in [-0.05, 0) is 56.6 Å². The van der Waals surface area contributed by atoms with Crippen molar-refractivity contribution in [3.8, 4) is 0 Å². The summed E-state index contributed by atoms with van der Waals surface area (Å²) in [6.45, 7) is 6.10. The Labute approximate surface area is 165 Å². The second kappa shape index (κ2) is 9.53. The standard InChI is InChI=1S/C21H26ClN3O2/c1-14-8-7-11-19(15(14)2)24-21(27)13-25(4)12-20(26)23-16(3)17-9-5-6-10-18(17)22/h5-11,16H,12-13H2,1-4H3,(H,23,26)(H,24,27). The number of carbonyl (C=O) groups is 2. The van der Waals surface area contributed by atoms with Crippen molar-refractivity contribution < 1.29 is 9.59 Å². The average molecular weight is 388 g/mol. The summed E-state index contributed by atoms with van der Waals surface area (Å²) >= 11 is 6.16. The highest BCUT2D eigenvalue weighted by Gasteiger charge is 2.15. The van der Waals surface area contributed by atoms with Crippen molar-refractivity contribution in [2.75, 3.05) is 25.5 Å². The van der Waals surface area contributed by atoms with Crippen LogP contribution in [0.3, 0.4) is 0 Å². The van der Waals surface area contributed by atoms with Gasteiger partial charge in [-0.1, -0.05) is 41.9 Å². The molecule has 0 heterocycles. The van der Waals surface area contributed by atoms with Gasteiger partial charge in [-0.15, -0.1) is 0 Å². The second-order valence-electron chi connectivity index (χ2n) is 6.78. The highest BCUT2D eigenvalue weighted by molar-refractivity contribution is 6.31. The van der Waals surface area contributed by atoms with Gasteiger partial charge in [-0.25, -0.2) is 0 Å². The average Bonchev–Trinajstić information content (AvgIpc) is 2.58. The molecule has 144 valence electrons. The first-order valence-corrected chi connectivity index (χ1v) is 9.24. The molecule has 1 atom stereocenters. The van der Waals surface area contributed by atoms with Crippen LogP contribution in [0.5, 0.6) is 0 Å². The van der Waals surface area contributed by atoms with Gasteiger partial charge in [0.2, 0.25) is 11.8 Å². The molecular formula is C21H26ClN3O2. The maximum absolute atomic E-state index is 12.3. The highest BCUT2D eigenvalue weighted by Crippen LogP contribution is 2.22. The van der Waals surface area contributed by atoms with Crippen molar-refractivity contribution in [1.82, 2.24) is 10.2 Å². The van der Waals surface area contributed by atoms with E-state index < -0.39 is 0 Å². The quantitative estimate of drug-likeness (QED) is 0.761. The zero-order valence-electron chi connectivity index (χ0n) is 16.2. The van der Waals surface area contributed by atoms with Gasteiger partial charge in [0, 0.05) is 10.7 Å². The first kappa shape index (κ1) is 20.9. The monoisotopic (exact) mass is 387 g/mol. The smallest absolute Gasteiger partial charge is 0.238 e. The fraction of sp³-hybridized carbons (Fsp3) is 0.333. The lowest BCUT2D eigenvalue weighted by atomic mass is 10.1. The summed E-state index contributed by atoms with van der Waals surface area (Å²) in [6.07, 6.45) is 0. The van der Waals surface area contributed by atoms with Gasteiger partial charge in [-0.3, -0.25) is 14.5 Å². The largest absolute Gasteiger partial charge is 0.348 e. The van der Waals surface area contributed by atoms with Gasteiger partial charge < -0.3 is 10.6 Å². The first-order valence-electron chi connectivity index (χ1n) is 8.86. The molecule has 2 amide bonds. The molecule has 2 aromatic carbocycles. The van der Waals surface area contributed by atoms with E-state index in [0.717, 1.165) is 22.4 Å². The maximum Gasteiger partial charge on any atom is 0.238 e. The number of hydrogen-bond acceptors (Lipinski definition) is 3. The molecule has 2 N–H and O–H groups in total. The number of anilines is 1. The number of halogens is 1. The number of rotatable bonds is 7. The summed E-state index contributed by atoms with van der Waals surface area (Å²) in [5.41, 5.74) is 3.82. The summed E-state index contributed by atoms with van der Waals surface area (Å²) in [4.78, 5) is 26.2. The molecule has 0 saturated carbocycles. The molecule has 1 unspecified atom stereocenters. The van der Waals surface area contributed by atoms with Gasteiger partial charge in [0.05, 0.1) is 19.1 Å². The van der Waals surface area contributed by atoms with Crippen LogP contribution in [0.1, 0.15) is 29.7 Å². The maximum atomic E-state index is 12.3. The summed E-state index contributed by atoms with van der Waals surface area (Å²) < 4.78 is 0. The fourth-order valence-corrected chi connectivity index (χ4v) is 3.11. The minimum Gasteiger partial charge on any atom is -0.348 e. The zero-order chi connectivity index (χ0) is 20.0. The molecule has 2 rings (SSSR count). The van der Waals surface area contributed by atoms with E-state index in [9.17, 15) is 9.59 Å². The van der Waals surface area contributed by atoms with E-state index in [1.807, 2.05) is 57.2 Å². The third kappa shape index (κ3) is 6.08. The summed E-state index contributed by atoms with van der Waals surface area (Å²) in [5, 5.41) is 6.43. The molecule has 2 aromatic rings. The van der Waals surface area contributed by atoms with Gasteiger partial charge in [0.15, 0.2) is 0 Å². The molecule has 27 heavy (non-hydrogen) atoms. The molecule has 0 radical (unpaired) electrons. The van der Waals surface area contributed by atoms with Crippen LogP contribution in [0.15, 0.2) is 42.5 Å². The van der Waals surface area contributed by atoms with E-state index in [0.29, 0.717) is 5.02 Å². The van der Waals surface area contributed by atoms with Gasteiger partial charge >= 0.3 is 0 Å². The molecule has 0 bridgehead atoms. The molecule has 0 aromatic heterocycles. The SMILES string of the molecule is Cc1cccc(NC(=O)CN(C)CC(=O)NC(C)c2ccccc2Cl)c1C. The number of nitrogens with zero attached hydrogens (tertiary/aromatic N) is 1. The van der Waals surface area contributed by atoms with Crippen molar-refractivity contribution in [2.45, 2.75) is 26.8 Å². The van der Waals surface area contributed by atoms with E-state index in [2.05, 4.69) is 10.6 Å². The van der Waals surface area contributed by atoms with Crippen LogP contribution in [0.2, 0.25) is 5.02 Å². The van der Waals surface area contributed by atoms with Crippen molar-refractivity contribution in [2.24, 2.45) is 0 Å². The Morgan fingerprint density at radius 3 is 2.41 bits per heavy atom. The van der Waals surface area contributed by atoms with Crippen LogP contribution < -0.4 is 10.6 Å².